The van der Waals surface area contributed by atoms with Gasteiger partial charge in [-0.2, -0.15) is 0 Å². The molecule has 90 valence electrons. The van der Waals surface area contributed by atoms with Crippen LogP contribution < -0.4 is 0 Å². The molecule has 0 aromatic rings. The Bertz CT molecular complexity index is 334. The van der Waals surface area contributed by atoms with Gasteiger partial charge in [-0.1, -0.05) is 38.8 Å². The lowest BCUT2D eigenvalue weighted by molar-refractivity contribution is 0.162. The number of hydrogen-bond acceptors (Lipinski definition) is 0. The summed E-state index contributed by atoms with van der Waals surface area (Å²) in [4.78, 5) is 0. The molecule has 0 bridgehead atoms. The van der Waals surface area contributed by atoms with Gasteiger partial charge < -0.3 is 0 Å². The largest absolute Gasteiger partial charge is 0.0938 e. The Hall–Kier alpha value is 0.130. The van der Waals surface area contributed by atoms with Crippen LogP contribution in [-0.2, 0) is 0 Å². The van der Waals surface area contributed by atoms with Crippen LogP contribution in [0.5, 0.6) is 0 Å². The Kier molecular flexibility index (Phi) is 2.41. The SMILES string of the molecule is [B]C([B])(CC1CC2CCC23CC13)C(C)(C)CC. The Labute approximate surface area is 109 Å². The summed E-state index contributed by atoms with van der Waals surface area (Å²) in [6, 6.07) is 0. The van der Waals surface area contributed by atoms with Gasteiger partial charge in [0.05, 0.1) is 15.7 Å². The molecule has 3 fully saturated rings. The molecule has 0 aliphatic heterocycles. The third-order valence-electron chi connectivity index (χ3n) is 6.85. The molecule has 4 radical (unpaired) electrons. The summed E-state index contributed by atoms with van der Waals surface area (Å²) in [6.07, 6.45) is 7.98. The van der Waals surface area contributed by atoms with Crippen molar-refractivity contribution in [3.8, 4) is 0 Å². The Balaban J connectivity index is 1.68. The van der Waals surface area contributed by atoms with Crippen molar-refractivity contribution in [2.45, 2.75) is 64.5 Å². The Morgan fingerprint density at radius 2 is 2.00 bits per heavy atom. The van der Waals surface area contributed by atoms with E-state index in [1.807, 2.05) is 0 Å². The Morgan fingerprint density at radius 1 is 1.29 bits per heavy atom. The first-order chi connectivity index (χ1) is 7.82. The number of hydrogen-bond donors (Lipinski definition) is 0. The zero-order valence-electron chi connectivity index (χ0n) is 11.6. The van der Waals surface area contributed by atoms with Gasteiger partial charge in [-0.15, -0.1) is 0 Å². The van der Waals surface area contributed by atoms with Gasteiger partial charge >= 0.3 is 0 Å². The van der Waals surface area contributed by atoms with Crippen LogP contribution in [0, 0.1) is 28.6 Å². The summed E-state index contributed by atoms with van der Waals surface area (Å²) in [7, 11) is 12.9. The molecule has 1 spiro atoms. The van der Waals surface area contributed by atoms with Crippen molar-refractivity contribution in [2.75, 3.05) is 0 Å². The summed E-state index contributed by atoms with van der Waals surface area (Å²) < 4.78 is 0. The maximum absolute atomic E-state index is 6.45. The minimum atomic E-state index is -0.486. The average molecular weight is 226 g/mol. The van der Waals surface area contributed by atoms with Crippen molar-refractivity contribution in [1.29, 1.82) is 0 Å². The molecule has 0 N–H and O–H groups in total. The van der Waals surface area contributed by atoms with Crippen molar-refractivity contribution in [1.82, 2.24) is 0 Å². The highest BCUT2D eigenvalue weighted by Gasteiger charge is 2.70. The fraction of sp³-hybridized carbons (Fsp3) is 1.00. The molecular formula is C15H24B2. The molecule has 3 saturated carbocycles. The smallest absolute Gasteiger partial charge is 0.0627 e. The van der Waals surface area contributed by atoms with E-state index in [1.54, 1.807) is 0 Å². The molecule has 0 heterocycles. The van der Waals surface area contributed by atoms with Crippen molar-refractivity contribution in [2.24, 2.45) is 28.6 Å². The average Bonchev–Trinajstić information content (AvgIpc) is 2.95. The van der Waals surface area contributed by atoms with E-state index in [0.29, 0.717) is 0 Å². The maximum atomic E-state index is 6.45. The molecule has 17 heavy (non-hydrogen) atoms. The summed E-state index contributed by atoms with van der Waals surface area (Å²) in [5.74, 6) is 2.85. The van der Waals surface area contributed by atoms with E-state index in [2.05, 4.69) is 20.8 Å². The first-order valence-electron chi connectivity index (χ1n) is 7.40. The van der Waals surface area contributed by atoms with Crippen molar-refractivity contribution in [3.63, 3.8) is 0 Å². The molecular weight excluding hydrogens is 202 g/mol. The monoisotopic (exact) mass is 226 g/mol. The molecule has 3 aliphatic carbocycles. The van der Waals surface area contributed by atoms with E-state index >= 15 is 0 Å². The molecule has 0 aromatic heterocycles. The molecule has 0 amide bonds. The fourth-order valence-electron chi connectivity index (χ4n) is 4.61. The van der Waals surface area contributed by atoms with Gasteiger partial charge in [0.2, 0.25) is 0 Å². The van der Waals surface area contributed by atoms with E-state index in [-0.39, 0.29) is 5.41 Å². The lowest BCUT2D eigenvalue weighted by Gasteiger charge is -2.44. The van der Waals surface area contributed by atoms with Gasteiger partial charge in [0.1, 0.15) is 0 Å². The topological polar surface area (TPSA) is 0 Å². The summed E-state index contributed by atoms with van der Waals surface area (Å²) in [5.41, 5.74) is 0.855. The van der Waals surface area contributed by atoms with Gasteiger partial charge in [0.15, 0.2) is 0 Å². The summed E-state index contributed by atoms with van der Waals surface area (Å²) >= 11 is 0. The minimum Gasteiger partial charge on any atom is -0.0938 e. The molecule has 0 nitrogen and oxygen atoms in total. The normalized spacial score (nSPS) is 43.8. The van der Waals surface area contributed by atoms with Gasteiger partial charge in [-0.05, 0) is 54.3 Å². The zero-order chi connectivity index (χ0) is 12.5. The van der Waals surface area contributed by atoms with Crippen molar-refractivity contribution in [3.05, 3.63) is 0 Å². The zero-order valence-corrected chi connectivity index (χ0v) is 11.6. The number of rotatable bonds is 4. The van der Waals surface area contributed by atoms with E-state index in [4.69, 9.17) is 15.7 Å². The predicted molar refractivity (Wildman–Crippen MR) is 74.3 cm³/mol. The van der Waals surface area contributed by atoms with Crippen LogP contribution in [0.25, 0.3) is 0 Å². The van der Waals surface area contributed by atoms with E-state index in [0.717, 1.165) is 36.0 Å². The second-order valence-corrected chi connectivity index (χ2v) is 7.76. The van der Waals surface area contributed by atoms with Crippen molar-refractivity contribution >= 4 is 15.7 Å². The summed E-state index contributed by atoms with van der Waals surface area (Å²) in [5, 5.41) is -0.486. The maximum Gasteiger partial charge on any atom is 0.0627 e. The molecule has 0 aromatic carbocycles. The second-order valence-electron chi connectivity index (χ2n) is 7.76. The van der Waals surface area contributed by atoms with Crippen LogP contribution >= 0.6 is 0 Å². The first-order valence-corrected chi connectivity index (χ1v) is 7.40. The molecule has 3 rings (SSSR count). The highest BCUT2D eigenvalue weighted by atomic mass is 14.7. The fourth-order valence-corrected chi connectivity index (χ4v) is 4.61. The Morgan fingerprint density at radius 3 is 2.35 bits per heavy atom. The minimum absolute atomic E-state index is 0.0523. The lowest BCUT2D eigenvalue weighted by Crippen LogP contribution is -2.34. The molecule has 3 aliphatic rings. The van der Waals surface area contributed by atoms with Crippen LogP contribution in [0.1, 0.15) is 59.3 Å². The second kappa shape index (κ2) is 3.36. The third kappa shape index (κ3) is 1.51. The molecule has 2 heteroatoms. The van der Waals surface area contributed by atoms with Gasteiger partial charge in [-0.3, -0.25) is 0 Å². The van der Waals surface area contributed by atoms with E-state index in [1.165, 1.54) is 25.7 Å². The molecule has 4 unspecified atom stereocenters. The standard InChI is InChI=1S/C15H24B2/c1-4-13(2,3)15(16,17)8-10-7-11-5-6-14(11)9-12(10)14/h10-12H,4-9H2,1-3H3. The highest BCUT2D eigenvalue weighted by Crippen LogP contribution is 2.79. The van der Waals surface area contributed by atoms with E-state index < -0.39 is 5.21 Å². The van der Waals surface area contributed by atoms with E-state index in [9.17, 15) is 0 Å². The third-order valence-corrected chi connectivity index (χ3v) is 6.85. The predicted octanol–water partition coefficient (Wildman–Crippen LogP) is 3.70. The van der Waals surface area contributed by atoms with Crippen LogP contribution in [-0.4, -0.2) is 15.7 Å². The van der Waals surface area contributed by atoms with Gasteiger partial charge in [-0.25, -0.2) is 0 Å². The first kappa shape index (κ1) is 12.2. The molecule has 0 saturated heterocycles. The van der Waals surface area contributed by atoms with Gasteiger partial charge in [0, 0.05) is 0 Å². The van der Waals surface area contributed by atoms with Crippen LogP contribution in [0.4, 0.5) is 0 Å². The van der Waals surface area contributed by atoms with Crippen molar-refractivity contribution < 1.29 is 0 Å². The summed E-state index contributed by atoms with van der Waals surface area (Å²) in [6.45, 7) is 6.64. The molecule has 4 atom stereocenters. The lowest BCUT2D eigenvalue weighted by atomic mass is 9.40. The quantitative estimate of drug-likeness (QED) is 0.641. The van der Waals surface area contributed by atoms with Crippen LogP contribution in [0.3, 0.4) is 0 Å². The van der Waals surface area contributed by atoms with Gasteiger partial charge in [0.25, 0.3) is 0 Å². The highest BCUT2D eigenvalue weighted by molar-refractivity contribution is 6.40. The van der Waals surface area contributed by atoms with Crippen LogP contribution in [0.2, 0.25) is 5.21 Å². The van der Waals surface area contributed by atoms with Crippen LogP contribution in [0.15, 0.2) is 0 Å².